The maximum absolute atomic E-state index is 4.70. The molecule has 0 radical (unpaired) electrons. The molecular weight excluding hydrogens is 240 g/mol. The van der Waals surface area contributed by atoms with Gasteiger partial charge in [-0.3, -0.25) is 0 Å². The van der Waals surface area contributed by atoms with E-state index in [0.29, 0.717) is 12.1 Å². The van der Waals surface area contributed by atoms with Gasteiger partial charge < -0.3 is 5.32 Å². The fourth-order valence-electron chi connectivity index (χ4n) is 2.17. The number of thiazole rings is 1. The van der Waals surface area contributed by atoms with Crippen molar-refractivity contribution in [2.75, 3.05) is 0 Å². The van der Waals surface area contributed by atoms with Gasteiger partial charge in [-0.25, -0.2) is 4.98 Å². The van der Waals surface area contributed by atoms with Crippen LogP contribution in [0.4, 0.5) is 0 Å². The van der Waals surface area contributed by atoms with Crippen LogP contribution in [0.15, 0.2) is 24.3 Å². The molecule has 2 unspecified atom stereocenters. The van der Waals surface area contributed by atoms with Gasteiger partial charge in [-0.05, 0) is 32.4 Å². The Kier molecular flexibility index (Phi) is 4.72. The van der Waals surface area contributed by atoms with Gasteiger partial charge in [0.1, 0.15) is 5.01 Å². The minimum absolute atomic E-state index is 0.342. The van der Waals surface area contributed by atoms with E-state index >= 15 is 0 Å². The first-order valence-corrected chi connectivity index (χ1v) is 7.64. The van der Waals surface area contributed by atoms with E-state index < -0.39 is 0 Å². The molecule has 98 valence electrons. The molecule has 1 aromatic carbocycles. The maximum atomic E-state index is 4.70. The number of benzene rings is 1. The van der Waals surface area contributed by atoms with Gasteiger partial charge in [-0.15, -0.1) is 11.3 Å². The van der Waals surface area contributed by atoms with E-state index in [0.717, 1.165) is 5.52 Å². The topological polar surface area (TPSA) is 24.9 Å². The van der Waals surface area contributed by atoms with Crippen LogP contribution in [0.5, 0.6) is 0 Å². The molecule has 0 fully saturated rings. The summed E-state index contributed by atoms with van der Waals surface area (Å²) in [5, 5.41) is 4.83. The lowest BCUT2D eigenvalue weighted by Crippen LogP contribution is -2.28. The Morgan fingerprint density at radius 1 is 1.28 bits per heavy atom. The van der Waals surface area contributed by atoms with E-state index in [-0.39, 0.29) is 0 Å². The molecule has 0 aliphatic rings. The van der Waals surface area contributed by atoms with Gasteiger partial charge in [0, 0.05) is 6.04 Å². The highest BCUT2D eigenvalue weighted by Gasteiger charge is 2.13. The average Bonchev–Trinajstić information content (AvgIpc) is 2.80. The van der Waals surface area contributed by atoms with E-state index in [1.165, 1.54) is 29.0 Å². The van der Waals surface area contributed by atoms with Crippen molar-refractivity contribution in [1.29, 1.82) is 0 Å². The third-order valence-electron chi connectivity index (χ3n) is 3.21. The molecule has 0 aliphatic carbocycles. The van der Waals surface area contributed by atoms with E-state index in [1.54, 1.807) is 11.3 Å². The fourth-order valence-corrected chi connectivity index (χ4v) is 3.15. The zero-order chi connectivity index (χ0) is 13.0. The molecule has 0 saturated heterocycles. The molecule has 0 spiro atoms. The van der Waals surface area contributed by atoms with Crippen molar-refractivity contribution < 1.29 is 0 Å². The molecule has 2 nitrogen and oxygen atoms in total. The number of hydrogen-bond donors (Lipinski definition) is 1. The number of fused-ring (bicyclic) bond motifs is 1. The Morgan fingerprint density at radius 2 is 2.06 bits per heavy atom. The van der Waals surface area contributed by atoms with Crippen LogP contribution in [-0.4, -0.2) is 11.0 Å². The Morgan fingerprint density at radius 3 is 2.78 bits per heavy atom. The monoisotopic (exact) mass is 262 g/mol. The number of hydrogen-bond acceptors (Lipinski definition) is 3. The highest BCUT2D eigenvalue weighted by atomic mass is 32.1. The molecule has 1 aromatic heterocycles. The first-order chi connectivity index (χ1) is 8.70. The highest BCUT2D eigenvalue weighted by Crippen LogP contribution is 2.26. The summed E-state index contributed by atoms with van der Waals surface area (Å²) in [4.78, 5) is 4.70. The molecule has 2 atom stereocenters. The second-order valence-corrected chi connectivity index (χ2v) is 6.01. The Labute approximate surface area is 113 Å². The Hall–Kier alpha value is -0.930. The molecule has 0 saturated carbocycles. The van der Waals surface area contributed by atoms with Crippen molar-refractivity contribution in [3.05, 3.63) is 29.3 Å². The number of rotatable bonds is 6. The first-order valence-electron chi connectivity index (χ1n) is 6.82. The van der Waals surface area contributed by atoms with Crippen LogP contribution in [-0.2, 0) is 0 Å². The summed E-state index contributed by atoms with van der Waals surface area (Å²) in [6, 6.07) is 9.26. The van der Waals surface area contributed by atoms with E-state index in [2.05, 4.69) is 44.3 Å². The van der Waals surface area contributed by atoms with Crippen LogP contribution in [0, 0.1) is 0 Å². The Bertz CT molecular complexity index is 459. The van der Waals surface area contributed by atoms with Gasteiger partial charge in [-0.1, -0.05) is 31.9 Å². The van der Waals surface area contributed by atoms with Crippen LogP contribution in [0.2, 0.25) is 0 Å². The van der Waals surface area contributed by atoms with Crippen molar-refractivity contribution in [1.82, 2.24) is 10.3 Å². The molecular formula is C15H22N2S. The summed E-state index contributed by atoms with van der Waals surface area (Å²) >= 11 is 1.80. The van der Waals surface area contributed by atoms with E-state index in [9.17, 15) is 0 Å². The molecule has 1 heterocycles. The quantitative estimate of drug-likeness (QED) is 0.827. The molecule has 3 heteroatoms. The largest absolute Gasteiger partial charge is 0.306 e. The van der Waals surface area contributed by atoms with Crippen molar-refractivity contribution in [2.45, 2.75) is 52.1 Å². The zero-order valence-electron chi connectivity index (χ0n) is 11.4. The van der Waals surface area contributed by atoms with Gasteiger partial charge in [-0.2, -0.15) is 0 Å². The average molecular weight is 262 g/mol. The summed E-state index contributed by atoms with van der Waals surface area (Å²) in [7, 11) is 0. The second-order valence-electron chi connectivity index (χ2n) is 4.95. The Balaban J connectivity index is 2.01. The number of aromatic nitrogens is 1. The van der Waals surface area contributed by atoms with Crippen molar-refractivity contribution in [3.8, 4) is 0 Å². The number of para-hydroxylation sites is 1. The summed E-state index contributed by atoms with van der Waals surface area (Å²) in [5.41, 5.74) is 1.12. The lowest BCUT2D eigenvalue weighted by atomic mass is 10.1. The third-order valence-corrected chi connectivity index (χ3v) is 4.43. The van der Waals surface area contributed by atoms with Gasteiger partial charge in [0.25, 0.3) is 0 Å². The number of nitrogens with one attached hydrogen (secondary N) is 1. The molecule has 1 N–H and O–H groups in total. The number of nitrogens with zero attached hydrogens (tertiary/aromatic N) is 1. The predicted molar refractivity (Wildman–Crippen MR) is 80.2 cm³/mol. The highest BCUT2D eigenvalue weighted by molar-refractivity contribution is 7.18. The van der Waals surface area contributed by atoms with E-state index in [1.807, 2.05) is 6.07 Å². The minimum Gasteiger partial charge on any atom is -0.306 e. The smallest absolute Gasteiger partial charge is 0.111 e. The molecule has 0 bridgehead atoms. The standard InChI is InChI=1S/C15H22N2S/c1-4-5-8-11(2)16-12(3)15-17-13-9-6-7-10-14(13)18-15/h6-7,9-12,16H,4-5,8H2,1-3H3. The third kappa shape index (κ3) is 3.30. The normalized spacial score (nSPS) is 14.8. The molecule has 2 rings (SSSR count). The SMILES string of the molecule is CCCCC(C)NC(C)c1nc2ccccc2s1. The van der Waals surface area contributed by atoms with Gasteiger partial charge >= 0.3 is 0 Å². The van der Waals surface area contributed by atoms with Crippen LogP contribution < -0.4 is 5.32 Å². The van der Waals surface area contributed by atoms with Gasteiger partial charge in [0.05, 0.1) is 16.3 Å². The summed E-state index contributed by atoms with van der Waals surface area (Å²) in [6.07, 6.45) is 3.80. The van der Waals surface area contributed by atoms with Crippen molar-refractivity contribution in [2.24, 2.45) is 0 Å². The second kappa shape index (κ2) is 6.30. The van der Waals surface area contributed by atoms with Crippen LogP contribution in [0.3, 0.4) is 0 Å². The first kappa shape index (κ1) is 13.5. The zero-order valence-corrected chi connectivity index (χ0v) is 12.3. The summed E-state index contributed by atoms with van der Waals surface area (Å²) in [5.74, 6) is 0. The summed E-state index contributed by atoms with van der Waals surface area (Å²) < 4.78 is 1.28. The predicted octanol–water partition coefficient (Wildman–Crippen LogP) is 4.53. The molecule has 0 amide bonds. The van der Waals surface area contributed by atoms with Crippen LogP contribution in [0.1, 0.15) is 51.1 Å². The lowest BCUT2D eigenvalue weighted by molar-refractivity contribution is 0.444. The van der Waals surface area contributed by atoms with Crippen LogP contribution in [0.25, 0.3) is 10.2 Å². The summed E-state index contributed by atoms with van der Waals surface area (Å²) in [6.45, 7) is 6.71. The van der Waals surface area contributed by atoms with Gasteiger partial charge in [0.2, 0.25) is 0 Å². The van der Waals surface area contributed by atoms with Crippen LogP contribution >= 0.6 is 11.3 Å². The maximum Gasteiger partial charge on any atom is 0.111 e. The van der Waals surface area contributed by atoms with Crippen molar-refractivity contribution in [3.63, 3.8) is 0 Å². The fraction of sp³-hybridized carbons (Fsp3) is 0.533. The van der Waals surface area contributed by atoms with Gasteiger partial charge in [0.15, 0.2) is 0 Å². The molecule has 2 aromatic rings. The molecule has 18 heavy (non-hydrogen) atoms. The number of unbranched alkanes of at least 4 members (excludes halogenated alkanes) is 1. The lowest BCUT2D eigenvalue weighted by Gasteiger charge is -2.17. The minimum atomic E-state index is 0.342. The molecule has 0 aliphatic heterocycles. The van der Waals surface area contributed by atoms with E-state index in [4.69, 9.17) is 4.98 Å². The van der Waals surface area contributed by atoms with Crippen molar-refractivity contribution >= 4 is 21.6 Å².